The summed E-state index contributed by atoms with van der Waals surface area (Å²) < 4.78 is 1.23. The maximum atomic E-state index is 3.64. The molecule has 0 heterocycles. The Bertz CT molecular complexity index is 348. The lowest BCUT2D eigenvalue weighted by Gasteiger charge is -2.10. The monoisotopic (exact) mass is 299 g/mol. The van der Waals surface area contributed by atoms with Gasteiger partial charge in [0, 0.05) is 21.2 Å². The van der Waals surface area contributed by atoms with E-state index in [1.165, 1.54) is 40.6 Å². The molecule has 0 saturated heterocycles. The van der Waals surface area contributed by atoms with Crippen molar-refractivity contribution in [3.63, 3.8) is 0 Å². The molecule has 16 heavy (non-hydrogen) atoms. The first-order valence-corrected chi connectivity index (χ1v) is 7.56. The van der Waals surface area contributed by atoms with Crippen LogP contribution in [-0.2, 0) is 6.54 Å². The largest absolute Gasteiger partial charge is 0.316 e. The van der Waals surface area contributed by atoms with E-state index in [9.17, 15) is 0 Å². The fourth-order valence-electron chi connectivity index (χ4n) is 2.13. The third-order valence-corrected chi connectivity index (χ3v) is 5.07. The van der Waals surface area contributed by atoms with Crippen LogP contribution in [0, 0.1) is 0 Å². The van der Waals surface area contributed by atoms with Gasteiger partial charge in [0.1, 0.15) is 0 Å². The number of hydrogen-bond acceptors (Lipinski definition) is 2. The molecule has 2 rings (SSSR count). The van der Waals surface area contributed by atoms with Crippen LogP contribution in [0.3, 0.4) is 0 Å². The summed E-state index contributed by atoms with van der Waals surface area (Å²) in [5, 5.41) is 4.03. The van der Waals surface area contributed by atoms with Crippen LogP contribution < -0.4 is 5.32 Å². The number of nitrogens with one attached hydrogen (secondary N) is 1. The molecule has 0 unspecified atom stereocenters. The van der Waals surface area contributed by atoms with Gasteiger partial charge in [-0.2, -0.15) is 0 Å². The van der Waals surface area contributed by atoms with Gasteiger partial charge in [-0.25, -0.2) is 0 Å². The summed E-state index contributed by atoms with van der Waals surface area (Å²) in [5.74, 6) is 0. The van der Waals surface area contributed by atoms with Gasteiger partial charge in [0.15, 0.2) is 0 Å². The highest BCUT2D eigenvalue weighted by Gasteiger charge is 2.16. The Morgan fingerprint density at radius 2 is 2.12 bits per heavy atom. The topological polar surface area (TPSA) is 12.0 Å². The molecule has 0 aliphatic heterocycles. The number of rotatable bonds is 4. The SMILES string of the molecule is CNCc1ccc(SC2CCCC2)cc1Br. The molecule has 1 aromatic rings. The van der Waals surface area contributed by atoms with Crippen molar-refractivity contribution >= 4 is 27.7 Å². The smallest absolute Gasteiger partial charge is 0.0231 e. The molecule has 1 aliphatic rings. The highest BCUT2D eigenvalue weighted by atomic mass is 79.9. The highest BCUT2D eigenvalue weighted by Crippen LogP contribution is 2.36. The van der Waals surface area contributed by atoms with Crippen LogP contribution in [0.4, 0.5) is 0 Å². The van der Waals surface area contributed by atoms with Crippen molar-refractivity contribution in [2.75, 3.05) is 7.05 Å². The van der Waals surface area contributed by atoms with Crippen molar-refractivity contribution in [2.24, 2.45) is 0 Å². The Morgan fingerprint density at radius 1 is 1.38 bits per heavy atom. The zero-order valence-electron chi connectivity index (χ0n) is 9.63. The number of halogens is 1. The lowest BCUT2D eigenvalue weighted by molar-refractivity contribution is 0.813. The van der Waals surface area contributed by atoms with Crippen LogP contribution >= 0.6 is 27.7 Å². The van der Waals surface area contributed by atoms with Crippen LogP contribution in [0.15, 0.2) is 27.6 Å². The van der Waals surface area contributed by atoms with Crippen molar-refractivity contribution in [1.82, 2.24) is 5.32 Å². The lowest BCUT2D eigenvalue weighted by Crippen LogP contribution is -2.05. The van der Waals surface area contributed by atoms with Gasteiger partial charge in [0.2, 0.25) is 0 Å². The molecule has 1 nitrogen and oxygen atoms in total. The van der Waals surface area contributed by atoms with Gasteiger partial charge in [-0.1, -0.05) is 34.8 Å². The predicted molar refractivity (Wildman–Crippen MR) is 75.0 cm³/mol. The first-order valence-electron chi connectivity index (χ1n) is 5.89. The third-order valence-electron chi connectivity index (χ3n) is 3.00. The zero-order valence-corrected chi connectivity index (χ0v) is 12.0. The Hall–Kier alpha value is 0.01000. The second-order valence-corrected chi connectivity index (χ2v) is 6.54. The summed E-state index contributed by atoms with van der Waals surface area (Å²) in [5.41, 5.74) is 1.33. The van der Waals surface area contributed by atoms with Crippen molar-refractivity contribution in [2.45, 2.75) is 42.4 Å². The fraction of sp³-hybridized carbons (Fsp3) is 0.538. The van der Waals surface area contributed by atoms with Crippen LogP contribution in [0.2, 0.25) is 0 Å². The molecule has 1 aromatic carbocycles. The average molecular weight is 300 g/mol. The van der Waals surface area contributed by atoms with E-state index in [4.69, 9.17) is 0 Å². The molecule has 1 fully saturated rings. The molecule has 0 aromatic heterocycles. The van der Waals surface area contributed by atoms with Gasteiger partial charge in [-0.3, -0.25) is 0 Å². The van der Waals surface area contributed by atoms with Crippen LogP contribution in [0.25, 0.3) is 0 Å². The van der Waals surface area contributed by atoms with E-state index in [1.54, 1.807) is 0 Å². The summed E-state index contributed by atoms with van der Waals surface area (Å²) in [4.78, 5) is 1.40. The minimum atomic E-state index is 0.849. The second-order valence-electron chi connectivity index (χ2n) is 4.31. The summed E-state index contributed by atoms with van der Waals surface area (Å²) in [6.07, 6.45) is 5.61. The maximum Gasteiger partial charge on any atom is 0.0231 e. The van der Waals surface area contributed by atoms with E-state index in [0.29, 0.717) is 0 Å². The summed E-state index contributed by atoms with van der Waals surface area (Å²) in [6.45, 7) is 0.926. The van der Waals surface area contributed by atoms with Crippen molar-refractivity contribution in [1.29, 1.82) is 0 Å². The van der Waals surface area contributed by atoms with Crippen LogP contribution in [-0.4, -0.2) is 12.3 Å². The van der Waals surface area contributed by atoms with Crippen LogP contribution in [0.5, 0.6) is 0 Å². The summed E-state index contributed by atoms with van der Waals surface area (Å²) >= 11 is 5.69. The molecule has 0 spiro atoms. The van der Waals surface area contributed by atoms with Gasteiger partial charge in [-0.05, 0) is 37.6 Å². The fourth-order valence-corrected chi connectivity index (χ4v) is 4.09. The summed E-state index contributed by atoms with van der Waals surface area (Å²) in [6, 6.07) is 6.73. The average Bonchev–Trinajstić information content (AvgIpc) is 2.75. The molecule has 1 aliphatic carbocycles. The minimum absolute atomic E-state index is 0.849. The Morgan fingerprint density at radius 3 is 2.75 bits per heavy atom. The molecule has 0 atom stereocenters. The molecular formula is C13H18BrNS. The molecule has 1 N–H and O–H groups in total. The van der Waals surface area contributed by atoms with E-state index in [0.717, 1.165) is 11.8 Å². The minimum Gasteiger partial charge on any atom is -0.316 e. The first kappa shape index (κ1) is 12.5. The van der Waals surface area contributed by atoms with E-state index >= 15 is 0 Å². The maximum absolute atomic E-state index is 3.64. The Labute approximate surface area is 111 Å². The van der Waals surface area contributed by atoms with Gasteiger partial charge in [0.25, 0.3) is 0 Å². The molecule has 0 radical (unpaired) electrons. The summed E-state index contributed by atoms with van der Waals surface area (Å²) in [7, 11) is 1.98. The quantitative estimate of drug-likeness (QED) is 0.894. The Kier molecular flexibility index (Phi) is 4.74. The van der Waals surface area contributed by atoms with E-state index in [-0.39, 0.29) is 0 Å². The number of thioether (sulfide) groups is 1. The molecule has 1 saturated carbocycles. The first-order chi connectivity index (χ1) is 7.79. The number of benzene rings is 1. The molecule has 88 valence electrons. The normalized spacial score (nSPS) is 16.9. The second kappa shape index (κ2) is 6.08. The highest BCUT2D eigenvalue weighted by molar-refractivity contribution is 9.10. The van der Waals surface area contributed by atoms with E-state index in [1.807, 2.05) is 18.8 Å². The van der Waals surface area contributed by atoms with Crippen LogP contribution in [0.1, 0.15) is 31.2 Å². The standard InChI is InChI=1S/C13H18BrNS/c1-15-9-10-6-7-12(8-13(10)14)16-11-4-2-3-5-11/h6-8,11,15H,2-5,9H2,1H3. The molecule has 0 amide bonds. The van der Waals surface area contributed by atoms with Gasteiger partial charge in [0.05, 0.1) is 0 Å². The lowest BCUT2D eigenvalue weighted by atomic mass is 10.2. The molecule has 3 heteroatoms. The van der Waals surface area contributed by atoms with Crippen molar-refractivity contribution in [3.8, 4) is 0 Å². The zero-order chi connectivity index (χ0) is 11.4. The van der Waals surface area contributed by atoms with Crippen molar-refractivity contribution in [3.05, 3.63) is 28.2 Å². The molecule has 0 bridgehead atoms. The predicted octanol–water partition coefficient (Wildman–Crippen LogP) is 4.20. The third kappa shape index (κ3) is 3.25. The van der Waals surface area contributed by atoms with Crippen molar-refractivity contribution < 1.29 is 0 Å². The van der Waals surface area contributed by atoms with E-state index in [2.05, 4.69) is 39.4 Å². The number of hydrogen-bond donors (Lipinski definition) is 1. The van der Waals surface area contributed by atoms with E-state index < -0.39 is 0 Å². The van der Waals surface area contributed by atoms with Gasteiger partial charge < -0.3 is 5.32 Å². The Balaban J connectivity index is 2.02. The van der Waals surface area contributed by atoms with Gasteiger partial charge in [-0.15, -0.1) is 11.8 Å². The van der Waals surface area contributed by atoms with Gasteiger partial charge >= 0.3 is 0 Å². The molecular weight excluding hydrogens is 282 g/mol.